The Balaban J connectivity index is 2.03. The van der Waals surface area contributed by atoms with Crippen LogP contribution < -0.4 is 4.90 Å². The van der Waals surface area contributed by atoms with Crippen molar-refractivity contribution in [2.45, 2.75) is 31.7 Å². The number of hydrogen-bond donors (Lipinski definition) is 0. The maximum atomic E-state index is 5.99. The van der Waals surface area contributed by atoms with E-state index in [9.17, 15) is 0 Å². The first-order valence-corrected chi connectivity index (χ1v) is 7.46. The van der Waals surface area contributed by atoms with Gasteiger partial charge in [-0.3, -0.25) is 0 Å². The molecule has 2 aromatic rings. The lowest BCUT2D eigenvalue weighted by atomic mass is 10.1. The molecule has 1 saturated carbocycles. The lowest BCUT2D eigenvalue weighted by Crippen LogP contribution is -2.35. The molecule has 0 saturated heterocycles. The van der Waals surface area contributed by atoms with Crippen LogP contribution in [0, 0.1) is 0 Å². The van der Waals surface area contributed by atoms with E-state index in [4.69, 9.17) is 11.6 Å². The zero-order valence-electron chi connectivity index (χ0n) is 10.9. The number of alkyl halides is 1. The molecule has 1 aromatic carbocycles. The van der Waals surface area contributed by atoms with Crippen molar-refractivity contribution in [3.8, 4) is 0 Å². The van der Waals surface area contributed by atoms with Crippen molar-refractivity contribution in [2.24, 2.45) is 0 Å². The van der Waals surface area contributed by atoms with E-state index in [0.29, 0.717) is 11.9 Å². The van der Waals surface area contributed by atoms with Crippen molar-refractivity contribution in [3.63, 3.8) is 0 Å². The molecule has 1 heterocycles. The van der Waals surface area contributed by atoms with Crippen molar-refractivity contribution >= 4 is 28.2 Å². The number of rotatable bonds is 4. The molecule has 0 spiro atoms. The predicted octanol–water partition coefficient (Wildman–Crippen LogP) is 3.62. The number of anilines is 1. The smallest absolute Gasteiger partial charge is 0.159 e. The molecule has 3 rings (SSSR count). The van der Waals surface area contributed by atoms with Crippen LogP contribution in [-0.4, -0.2) is 28.7 Å². The second kappa shape index (κ2) is 5.74. The average molecular weight is 276 g/mol. The van der Waals surface area contributed by atoms with Crippen LogP contribution in [0.3, 0.4) is 0 Å². The normalized spacial score (nSPS) is 16.1. The Bertz CT molecular complexity index is 547. The number of hydrogen-bond acceptors (Lipinski definition) is 3. The summed E-state index contributed by atoms with van der Waals surface area (Å²) < 4.78 is 0. The minimum Gasteiger partial charge on any atom is -0.350 e. The van der Waals surface area contributed by atoms with Crippen molar-refractivity contribution in [2.75, 3.05) is 17.3 Å². The van der Waals surface area contributed by atoms with Crippen molar-refractivity contribution in [1.82, 2.24) is 10.2 Å². The molecule has 4 heteroatoms. The molecule has 0 aliphatic heterocycles. The summed E-state index contributed by atoms with van der Waals surface area (Å²) in [6, 6.07) is 8.87. The molecule has 1 aromatic heterocycles. The average Bonchev–Trinajstić information content (AvgIpc) is 2.98. The van der Waals surface area contributed by atoms with Crippen LogP contribution in [0.5, 0.6) is 0 Å². The SMILES string of the molecule is ClCCN(c1nncc2ccccc12)C1CCCC1. The van der Waals surface area contributed by atoms with Crippen molar-refractivity contribution in [1.29, 1.82) is 0 Å². The molecule has 1 aliphatic carbocycles. The Morgan fingerprint density at radius 3 is 2.79 bits per heavy atom. The molecule has 0 amide bonds. The summed E-state index contributed by atoms with van der Waals surface area (Å²) in [5.41, 5.74) is 0. The van der Waals surface area contributed by atoms with Gasteiger partial charge >= 0.3 is 0 Å². The predicted molar refractivity (Wildman–Crippen MR) is 79.9 cm³/mol. The molecule has 0 N–H and O–H groups in total. The maximum absolute atomic E-state index is 5.99. The van der Waals surface area contributed by atoms with Gasteiger partial charge in [0.1, 0.15) is 0 Å². The Morgan fingerprint density at radius 2 is 2.00 bits per heavy atom. The van der Waals surface area contributed by atoms with Gasteiger partial charge in [-0.25, -0.2) is 0 Å². The molecule has 3 nitrogen and oxygen atoms in total. The van der Waals surface area contributed by atoms with Gasteiger partial charge in [0.25, 0.3) is 0 Å². The van der Waals surface area contributed by atoms with Crippen LogP contribution in [0.2, 0.25) is 0 Å². The van der Waals surface area contributed by atoms with Gasteiger partial charge < -0.3 is 4.90 Å². The molecule has 0 unspecified atom stereocenters. The van der Waals surface area contributed by atoms with E-state index in [-0.39, 0.29) is 0 Å². The Hall–Kier alpha value is -1.35. The quantitative estimate of drug-likeness (QED) is 0.798. The number of benzene rings is 1. The Labute approximate surface area is 118 Å². The van der Waals surface area contributed by atoms with Crippen LogP contribution >= 0.6 is 11.6 Å². The maximum Gasteiger partial charge on any atom is 0.159 e. The molecular weight excluding hydrogens is 258 g/mol. The minimum absolute atomic E-state index is 0.568. The van der Waals surface area contributed by atoms with E-state index in [2.05, 4.69) is 33.3 Å². The fourth-order valence-electron chi connectivity index (χ4n) is 2.99. The third kappa shape index (κ3) is 2.52. The van der Waals surface area contributed by atoms with E-state index in [1.165, 1.54) is 31.1 Å². The number of aromatic nitrogens is 2. The zero-order valence-corrected chi connectivity index (χ0v) is 11.7. The highest BCUT2D eigenvalue weighted by molar-refractivity contribution is 6.18. The highest BCUT2D eigenvalue weighted by Gasteiger charge is 2.24. The molecular formula is C15H18ClN3. The Morgan fingerprint density at radius 1 is 1.21 bits per heavy atom. The first-order chi connectivity index (χ1) is 9.40. The summed E-state index contributed by atoms with van der Waals surface area (Å²) >= 11 is 5.99. The van der Waals surface area contributed by atoms with Crippen molar-refractivity contribution < 1.29 is 0 Å². The summed E-state index contributed by atoms with van der Waals surface area (Å²) in [5.74, 6) is 1.62. The van der Waals surface area contributed by atoms with Gasteiger partial charge in [0, 0.05) is 29.2 Å². The molecule has 0 radical (unpaired) electrons. The van der Waals surface area contributed by atoms with Gasteiger partial charge in [0.2, 0.25) is 0 Å². The number of halogens is 1. The molecule has 1 fully saturated rings. The molecule has 19 heavy (non-hydrogen) atoms. The lowest BCUT2D eigenvalue weighted by molar-refractivity contribution is 0.613. The van der Waals surface area contributed by atoms with Crippen LogP contribution in [-0.2, 0) is 0 Å². The van der Waals surface area contributed by atoms with Gasteiger partial charge in [-0.15, -0.1) is 16.7 Å². The van der Waals surface area contributed by atoms with Crippen LogP contribution in [0.25, 0.3) is 10.8 Å². The topological polar surface area (TPSA) is 29.0 Å². The summed E-state index contributed by atoms with van der Waals surface area (Å²) in [7, 11) is 0. The largest absolute Gasteiger partial charge is 0.350 e. The summed E-state index contributed by atoms with van der Waals surface area (Å²) in [6.45, 7) is 0.842. The minimum atomic E-state index is 0.568. The van der Waals surface area contributed by atoms with Crippen LogP contribution in [0.4, 0.5) is 5.82 Å². The van der Waals surface area contributed by atoms with Gasteiger partial charge in [0.05, 0.1) is 6.20 Å². The first kappa shape index (κ1) is 12.7. The van der Waals surface area contributed by atoms with Crippen molar-refractivity contribution in [3.05, 3.63) is 30.5 Å². The lowest BCUT2D eigenvalue weighted by Gasteiger charge is -2.29. The van der Waals surface area contributed by atoms with Gasteiger partial charge in [-0.05, 0) is 12.8 Å². The van der Waals surface area contributed by atoms with E-state index < -0.39 is 0 Å². The fourth-order valence-corrected chi connectivity index (χ4v) is 3.18. The third-order valence-corrected chi connectivity index (χ3v) is 4.08. The highest BCUT2D eigenvalue weighted by atomic mass is 35.5. The van der Waals surface area contributed by atoms with E-state index in [1.54, 1.807) is 0 Å². The molecule has 0 bridgehead atoms. The first-order valence-electron chi connectivity index (χ1n) is 6.93. The Kier molecular flexibility index (Phi) is 3.83. The monoisotopic (exact) mass is 275 g/mol. The molecule has 1 aliphatic rings. The van der Waals surface area contributed by atoms with E-state index in [0.717, 1.165) is 17.7 Å². The third-order valence-electron chi connectivity index (χ3n) is 3.91. The van der Waals surface area contributed by atoms with Crippen LogP contribution in [0.15, 0.2) is 30.5 Å². The molecule has 0 atom stereocenters. The van der Waals surface area contributed by atoms with Gasteiger partial charge in [0.15, 0.2) is 5.82 Å². The highest BCUT2D eigenvalue weighted by Crippen LogP contribution is 2.30. The number of fused-ring (bicyclic) bond motifs is 1. The summed E-state index contributed by atoms with van der Waals surface area (Å²) in [6.07, 6.45) is 6.92. The fraction of sp³-hybridized carbons (Fsp3) is 0.467. The second-order valence-corrected chi connectivity index (χ2v) is 5.45. The van der Waals surface area contributed by atoms with E-state index in [1.807, 2.05) is 12.3 Å². The van der Waals surface area contributed by atoms with Gasteiger partial charge in [-0.2, -0.15) is 5.10 Å². The van der Waals surface area contributed by atoms with Crippen LogP contribution in [0.1, 0.15) is 25.7 Å². The van der Waals surface area contributed by atoms with Gasteiger partial charge in [-0.1, -0.05) is 37.1 Å². The summed E-state index contributed by atoms with van der Waals surface area (Å²) in [5, 5.41) is 10.9. The standard InChI is InChI=1S/C15H18ClN3/c16-9-10-19(13-6-2-3-7-13)15-14-8-4-1-5-12(14)11-17-18-15/h1,4-5,8,11,13H,2-3,6-7,9-10H2. The zero-order chi connectivity index (χ0) is 13.1. The molecule has 100 valence electrons. The van der Waals surface area contributed by atoms with E-state index >= 15 is 0 Å². The summed E-state index contributed by atoms with van der Waals surface area (Å²) in [4.78, 5) is 2.36. The second-order valence-electron chi connectivity index (χ2n) is 5.08. The number of nitrogens with zero attached hydrogens (tertiary/aromatic N) is 3.